The zero-order chi connectivity index (χ0) is 15.0. The van der Waals surface area contributed by atoms with Gasteiger partial charge in [0, 0.05) is 18.8 Å². The molecule has 4 nitrogen and oxygen atoms in total. The van der Waals surface area contributed by atoms with Gasteiger partial charge in [0.1, 0.15) is 5.54 Å². The highest BCUT2D eigenvalue weighted by atomic mass is 16.5. The van der Waals surface area contributed by atoms with Crippen LogP contribution in [0.15, 0.2) is 24.3 Å². The van der Waals surface area contributed by atoms with Crippen LogP contribution in [0.5, 0.6) is 0 Å². The van der Waals surface area contributed by atoms with E-state index in [1.165, 1.54) is 18.4 Å². The van der Waals surface area contributed by atoms with Crippen LogP contribution in [-0.4, -0.2) is 31.7 Å². The maximum Gasteiger partial charge on any atom is 0.327 e. The molecule has 2 unspecified atom stereocenters. The largest absolute Gasteiger partial charge is 0.468 e. The van der Waals surface area contributed by atoms with Crippen LogP contribution in [0.1, 0.15) is 25.3 Å². The molecular formula is C17H24N2O2. The van der Waals surface area contributed by atoms with Gasteiger partial charge in [-0.15, -0.1) is 0 Å². The van der Waals surface area contributed by atoms with E-state index in [2.05, 4.69) is 36.1 Å². The number of carbonyl (C=O) groups excluding carboxylic acids is 1. The van der Waals surface area contributed by atoms with E-state index in [0.29, 0.717) is 12.5 Å². The van der Waals surface area contributed by atoms with Gasteiger partial charge in [0.05, 0.1) is 7.11 Å². The monoisotopic (exact) mass is 288 g/mol. The van der Waals surface area contributed by atoms with Crippen molar-refractivity contribution >= 4 is 11.7 Å². The van der Waals surface area contributed by atoms with Gasteiger partial charge >= 0.3 is 5.97 Å². The van der Waals surface area contributed by atoms with Crippen LogP contribution in [0, 0.1) is 11.8 Å². The van der Waals surface area contributed by atoms with E-state index in [0.717, 1.165) is 25.8 Å². The predicted molar refractivity (Wildman–Crippen MR) is 83.2 cm³/mol. The molecule has 114 valence electrons. The zero-order valence-electron chi connectivity index (χ0n) is 12.8. The van der Waals surface area contributed by atoms with Crippen LogP contribution in [-0.2, 0) is 16.0 Å². The molecule has 0 spiro atoms. The van der Waals surface area contributed by atoms with Gasteiger partial charge in [-0.2, -0.15) is 0 Å². The highest BCUT2D eigenvalue weighted by molar-refractivity contribution is 5.82. The number of carbonyl (C=O) groups is 1. The zero-order valence-corrected chi connectivity index (χ0v) is 12.8. The van der Waals surface area contributed by atoms with Crippen LogP contribution >= 0.6 is 0 Å². The number of ether oxygens (including phenoxy) is 1. The number of esters is 1. The molecule has 0 bridgehead atoms. The second kappa shape index (κ2) is 5.34. The third kappa shape index (κ3) is 2.64. The Balaban J connectivity index is 1.88. The average molecular weight is 288 g/mol. The molecular weight excluding hydrogens is 264 g/mol. The Morgan fingerprint density at radius 2 is 2.14 bits per heavy atom. The second-order valence-electron chi connectivity index (χ2n) is 6.62. The summed E-state index contributed by atoms with van der Waals surface area (Å²) in [6, 6.07) is 8.43. The summed E-state index contributed by atoms with van der Waals surface area (Å²) in [7, 11) is 1.43. The molecule has 1 heterocycles. The summed E-state index contributed by atoms with van der Waals surface area (Å²) in [4.78, 5) is 14.5. The van der Waals surface area contributed by atoms with Crippen molar-refractivity contribution in [3.05, 3.63) is 29.8 Å². The van der Waals surface area contributed by atoms with Crippen molar-refractivity contribution in [2.75, 3.05) is 25.1 Å². The van der Waals surface area contributed by atoms with Crippen molar-refractivity contribution < 1.29 is 9.53 Å². The molecule has 0 radical (unpaired) electrons. The fourth-order valence-electron chi connectivity index (χ4n) is 3.52. The Hall–Kier alpha value is -1.55. The van der Waals surface area contributed by atoms with Gasteiger partial charge in [0.25, 0.3) is 0 Å². The number of nitrogens with two attached hydrogens (primary N) is 1. The molecule has 0 amide bonds. The lowest BCUT2D eigenvalue weighted by Crippen LogP contribution is -2.59. The molecule has 1 aliphatic heterocycles. The molecule has 4 heteroatoms. The molecule has 0 saturated heterocycles. The molecule has 2 atom stereocenters. The first-order valence-corrected chi connectivity index (χ1v) is 7.74. The van der Waals surface area contributed by atoms with Crippen LogP contribution < -0.4 is 10.6 Å². The van der Waals surface area contributed by atoms with E-state index in [4.69, 9.17) is 10.5 Å². The Bertz CT molecular complexity index is 541. The number of fused-ring (bicyclic) bond motifs is 1. The van der Waals surface area contributed by atoms with E-state index in [1.807, 2.05) is 0 Å². The minimum absolute atomic E-state index is 0.259. The quantitative estimate of drug-likeness (QED) is 0.861. The lowest BCUT2D eigenvalue weighted by Gasteiger charge is -2.40. The van der Waals surface area contributed by atoms with Gasteiger partial charge in [-0.1, -0.05) is 25.1 Å². The fourth-order valence-corrected chi connectivity index (χ4v) is 3.52. The molecule has 1 fully saturated rings. The summed E-state index contributed by atoms with van der Waals surface area (Å²) in [5, 5.41) is 0. The highest BCUT2D eigenvalue weighted by Gasteiger charge is 2.50. The molecule has 2 aliphatic rings. The number of benzene rings is 1. The van der Waals surface area contributed by atoms with Gasteiger partial charge in [-0.05, 0) is 42.7 Å². The normalized spacial score (nSPS) is 24.1. The molecule has 1 aliphatic carbocycles. The lowest BCUT2D eigenvalue weighted by molar-refractivity contribution is -0.147. The van der Waals surface area contributed by atoms with Gasteiger partial charge in [0.2, 0.25) is 0 Å². The van der Waals surface area contributed by atoms with Crippen molar-refractivity contribution in [1.29, 1.82) is 0 Å². The molecule has 0 aromatic heterocycles. The third-order valence-electron chi connectivity index (χ3n) is 4.76. The van der Waals surface area contributed by atoms with E-state index in [9.17, 15) is 4.79 Å². The number of anilines is 1. The summed E-state index contributed by atoms with van der Waals surface area (Å²) in [5.74, 6) is 0.552. The van der Waals surface area contributed by atoms with Gasteiger partial charge < -0.3 is 15.4 Å². The molecule has 2 N–H and O–H groups in total. The first kappa shape index (κ1) is 14.4. The second-order valence-corrected chi connectivity index (χ2v) is 6.62. The summed E-state index contributed by atoms with van der Waals surface area (Å²) in [5.41, 5.74) is 8.16. The first-order chi connectivity index (χ1) is 10.0. The van der Waals surface area contributed by atoms with E-state index < -0.39 is 5.54 Å². The summed E-state index contributed by atoms with van der Waals surface area (Å²) in [6.07, 6.45) is 3.14. The van der Waals surface area contributed by atoms with E-state index in [1.54, 1.807) is 0 Å². The van der Waals surface area contributed by atoms with Crippen molar-refractivity contribution in [3.8, 4) is 0 Å². The number of methoxy groups -OCH3 is 1. The number of para-hydroxylation sites is 1. The van der Waals surface area contributed by atoms with Crippen molar-refractivity contribution in [3.63, 3.8) is 0 Å². The van der Waals surface area contributed by atoms with Crippen molar-refractivity contribution in [2.45, 2.75) is 31.7 Å². The van der Waals surface area contributed by atoms with Gasteiger partial charge in [-0.3, -0.25) is 0 Å². The molecule has 1 saturated carbocycles. The number of rotatable bonds is 4. The van der Waals surface area contributed by atoms with E-state index >= 15 is 0 Å². The summed E-state index contributed by atoms with van der Waals surface area (Å²) in [6.45, 7) is 3.74. The van der Waals surface area contributed by atoms with Gasteiger partial charge in [0.15, 0.2) is 0 Å². The predicted octanol–water partition coefficient (Wildman–Crippen LogP) is 1.97. The third-order valence-corrected chi connectivity index (χ3v) is 4.76. The van der Waals surface area contributed by atoms with Crippen LogP contribution in [0.2, 0.25) is 0 Å². The standard InChI is InChI=1S/C17H24N2O2/c1-12-9-13-5-3-4-6-15(13)19(10-12)11-17(18,14-7-8-14)16(20)21-2/h3-6,12,14H,7-11,18H2,1-2H3. The summed E-state index contributed by atoms with van der Waals surface area (Å²) >= 11 is 0. The minimum atomic E-state index is -0.876. The number of hydrogen-bond donors (Lipinski definition) is 1. The van der Waals surface area contributed by atoms with Crippen molar-refractivity contribution in [2.24, 2.45) is 17.6 Å². The molecule has 1 aromatic carbocycles. The Morgan fingerprint density at radius 3 is 2.81 bits per heavy atom. The SMILES string of the molecule is COC(=O)C(N)(CN1CC(C)Cc2ccccc21)C1CC1. The Kier molecular flexibility index (Phi) is 3.66. The lowest BCUT2D eigenvalue weighted by atomic mass is 9.89. The van der Waals surface area contributed by atoms with Crippen LogP contribution in [0.3, 0.4) is 0 Å². The maximum absolute atomic E-state index is 12.2. The van der Waals surface area contributed by atoms with E-state index in [-0.39, 0.29) is 11.9 Å². The topological polar surface area (TPSA) is 55.6 Å². The molecule has 1 aromatic rings. The van der Waals surface area contributed by atoms with Crippen molar-refractivity contribution in [1.82, 2.24) is 0 Å². The Labute approximate surface area is 126 Å². The number of hydrogen-bond acceptors (Lipinski definition) is 4. The fraction of sp³-hybridized carbons (Fsp3) is 0.588. The minimum Gasteiger partial charge on any atom is -0.468 e. The Morgan fingerprint density at radius 1 is 1.43 bits per heavy atom. The number of nitrogens with zero attached hydrogens (tertiary/aromatic N) is 1. The molecule has 3 rings (SSSR count). The highest BCUT2D eigenvalue weighted by Crippen LogP contribution is 2.41. The van der Waals surface area contributed by atoms with Crippen LogP contribution in [0.25, 0.3) is 0 Å². The summed E-state index contributed by atoms with van der Waals surface area (Å²) < 4.78 is 4.98. The molecule has 21 heavy (non-hydrogen) atoms. The maximum atomic E-state index is 12.2. The smallest absolute Gasteiger partial charge is 0.327 e. The van der Waals surface area contributed by atoms with Gasteiger partial charge in [-0.25, -0.2) is 4.79 Å². The first-order valence-electron chi connectivity index (χ1n) is 7.74. The van der Waals surface area contributed by atoms with Crippen LogP contribution in [0.4, 0.5) is 5.69 Å². The average Bonchev–Trinajstić information content (AvgIpc) is 3.31.